The average molecular weight is 475 g/mol. The number of likely N-dealkylation sites (tertiary alicyclic amines) is 1. The Balaban J connectivity index is 1.24. The summed E-state index contributed by atoms with van der Waals surface area (Å²) < 4.78 is 0. The van der Waals surface area contributed by atoms with E-state index in [-0.39, 0.29) is 24.0 Å². The average Bonchev–Trinajstić information content (AvgIpc) is 3.54. The quantitative estimate of drug-likeness (QED) is 0.540. The van der Waals surface area contributed by atoms with Crippen LogP contribution in [0.3, 0.4) is 0 Å². The van der Waals surface area contributed by atoms with Crippen molar-refractivity contribution in [1.82, 2.24) is 20.1 Å². The number of piperazine rings is 1. The maximum Gasteiger partial charge on any atom is 0.332 e. The van der Waals surface area contributed by atoms with Crippen molar-refractivity contribution in [3.8, 4) is 6.07 Å². The summed E-state index contributed by atoms with van der Waals surface area (Å²) in [6.07, 6.45) is 8.76. The van der Waals surface area contributed by atoms with Gasteiger partial charge in [-0.15, -0.1) is 0 Å². The number of rotatable bonds is 3. The summed E-state index contributed by atoms with van der Waals surface area (Å²) in [4.78, 5) is 36.6. The molecule has 6 rings (SSSR count). The van der Waals surface area contributed by atoms with Crippen molar-refractivity contribution in [1.29, 1.82) is 5.26 Å². The highest BCUT2D eigenvalue weighted by atomic mass is 32.1. The zero-order valence-corrected chi connectivity index (χ0v) is 19.6. The van der Waals surface area contributed by atoms with Crippen molar-refractivity contribution in [2.24, 2.45) is 5.92 Å². The predicted molar refractivity (Wildman–Crippen MR) is 131 cm³/mol. The first-order valence-corrected chi connectivity index (χ1v) is 12.5. The molecule has 9 heteroatoms. The second-order valence-corrected chi connectivity index (χ2v) is 10.1. The van der Waals surface area contributed by atoms with Gasteiger partial charge in [0.25, 0.3) is 5.91 Å². The molecule has 3 amide bonds. The standard InChI is InChI=1S/C25H26N6O2S/c26-12-16-8-9-19(18-7-4-10-27-21(16)18)31-23(32)22-20-11-17(30(22)25(31)33)14-29(20)24(34)28-13-15-5-2-1-3-6-15/h4,7-10,15,17,20,22H,1-3,5-6,11,13-14H2,(H,28,34)/t17-,20-,22-/m0/s1. The minimum Gasteiger partial charge on any atom is -0.362 e. The summed E-state index contributed by atoms with van der Waals surface area (Å²) in [5.74, 6) is 0.429. The topological polar surface area (TPSA) is 92.6 Å². The summed E-state index contributed by atoms with van der Waals surface area (Å²) in [7, 11) is 0. The van der Waals surface area contributed by atoms with E-state index in [0.29, 0.717) is 39.7 Å². The van der Waals surface area contributed by atoms with Crippen LogP contribution in [0.15, 0.2) is 30.5 Å². The van der Waals surface area contributed by atoms with Gasteiger partial charge in [0.05, 0.1) is 28.9 Å². The number of thiocarbonyl (C=S) groups is 1. The molecule has 3 aliphatic heterocycles. The fraction of sp³-hybridized carbons (Fsp3) is 0.480. The number of anilines is 1. The van der Waals surface area contributed by atoms with E-state index in [1.54, 1.807) is 35.4 Å². The number of aromatic nitrogens is 1. The molecule has 0 radical (unpaired) electrons. The maximum atomic E-state index is 13.6. The largest absolute Gasteiger partial charge is 0.362 e. The monoisotopic (exact) mass is 474 g/mol. The van der Waals surface area contributed by atoms with Gasteiger partial charge in [0.1, 0.15) is 12.1 Å². The van der Waals surface area contributed by atoms with Gasteiger partial charge < -0.3 is 15.1 Å². The first kappa shape index (κ1) is 21.3. The molecule has 3 saturated heterocycles. The summed E-state index contributed by atoms with van der Waals surface area (Å²) in [6, 6.07) is 8.01. The van der Waals surface area contributed by atoms with E-state index in [0.717, 1.165) is 13.0 Å². The molecule has 3 atom stereocenters. The Labute approximate surface area is 203 Å². The Morgan fingerprint density at radius 2 is 2.03 bits per heavy atom. The van der Waals surface area contributed by atoms with Crippen LogP contribution in [-0.4, -0.2) is 63.0 Å². The molecule has 2 bridgehead atoms. The van der Waals surface area contributed by atoms with Crippen LogP contribution in [0, 0.1) is 17.2 Å². The van der Waals surface area contributed by atoms with Gasteiger partial charge in [-0.1, -0.05) is 19.3 Å². The van der Waals surface area contributed by atoms with Gasteiger partial charge in [-0.3, -0.25) is 9.78 Å². The van der Waals surface area contributed by atoms with Crippen molar-refractivity contribution in [2.45, 2.75) is 56.7 Å². The van der Waals surface area contributed by atoms with Crippen LogP contribution in [-0.2, 0) is 4.79 Å². The lowest BCUT2D eigenvalue weighted by atomic mass is 9.89. The number of amides is 3. The molecule has 2 aromatic rings. The zero-order valence-electron chi connectivity index (χ0n) is 18.8. The molecule has 0 spiro atoms. The fourth-order valence-corrected chi connectivity index (χ4v) is 6.57. The van der Waals surface area contributed by atoms with E-state index >= 15 is 0 Å². The zero-order chi connectivity index (χ0) is 23.4. The Morgan fingerprint density at radius 3 is 2.82 bits per heavy atom. The number of pyridine rings is 1. The summed E-state index contributed by atoms with van der Waals surface area (Å²) >= 11 is 5.74. The van der Waals surface area contributed by atoms with E-state index in [1.165, 1.54) is 37.0 Å². The molecule has 1 aliphatic carbocycles. The van der Waals surface area contributed by atoms with Gasteiger partial charge in [-0.25, -0.2) is 9.69 Å². The highest BCUT2D eigenvalue weighted by Gasteiger charge is 2.62. The lowest BCUT2D eigenvalue weighted by Gasteiger charge is -2.37. The number of hydrogen-bond donors (Lipinski definition) is 1. The molecule has 1 aromatic heterocycles. The van der Waals surface area contributed by atoms with Crippen LogP contribution in [0.1, 0.15) is 44.1 Å². The minimum absolute atomic E-state index is 0.0337. The van der Waals surface area contributed by atoms with E-state index < -0.39 is 6.04 Å². The molecule has 4 heterocycles. The molecule has 1 saturated carbocycles. The van der Waals surface area contributed by atoms with E-state index in [1.807, 2.05) is 0 Å². The third-order valence-corrected chi connectivity index (χ3v) is 8.28. The van der Waals surface area contributed by atoms with Crippen LogP contribution in [0.2, 0.25) is 0 Å². The smallest absolute Gasteiger partial charge is 0.332 e. The number of nitrogens with one attached hydrogen (secondary N) is 1. The highest BCUT2D eigenvalue weighted by molar-refractivity contribution is 7.80. The van der Waals surface area contributed by atoms with Crippen LogP contribution in [0.5, 0.6) is 0 Å². The van der Waals surface area contributed by atoms with E-state index in [9.17, 15) is 14.9 Å². The first-order valence-electron chi connectivity index (χ1n) is 12.1. The van der Waals surface area contributed by atoms with Gasteiger partial charge in [0.2, 0.25) is 0 Å². The lowest BCUT2D eigenvalue weighted by Crippen LogP contribution is -2.57. The molecule has 4 aliphatic rings. The summed E-state index contributed by atoms with van der Waals surface area (Å²) in [5.41, 5.74) is 1.39. The number of fused-ring (bicyclic) bond motifs is 6. The Kier molecular flexibility index (Phi) is 5.14. The number of nitriles is 1. The van der Waals surface area contributed by atoms with Crippen molar-refractivity contribution in [3.63, 3.8) is 0 Å². The van der Waals surface area contributed by atoms with Crippen LogP contribution in [0.25, 0.3) is 10.9 Å². The van der Waals surface area contributed by atoms with Gasteiger partial charge in [-0.2, -0.15) is 5.26 Å². The third-order valence-electron chi connectivity index (χ3n) is 7.90. The molecule has 0 unspecified atom stereocenters. The summed E-state index contributed by atoms with van der Waals surface area (Å²) in [5, 5.41) is 14.2. The molecule has 1 aromatic carbocycles. The van der Waals surface area contributed by atoms with Crippen molar-refractivity contribution >= 4 is 45.9 Å². The van der Waals surface area contributed by atoms with Crippen molar-refractivity contribution in [3.05, 3.63) is 36.0 Å². The molecule has 34 heavy (non-hydrogen) atoms. The summed E-state index contributed by atoms with van der Waals surface area (Å²) in [6.45, 7) is 1.53. The van der Waals surface area contributed by atoms with Crippen LogP contribution < -0.4 is 10.2 Å². The molecule has 174 valence electrons. The third kappa shape index (κ3) is 3.16. The molecular weight excluding hydrogens is 448 g/mol. The second-order valence-electron chi connectivity index (χ2n) is 9.75. The van der Waals surface area contributed by atoms with Crippen molar-refractivity contribution < 1.29 is 9.59 Å². The van der Waals surface area contributed by atoms with E-state index in [2.05, 4.69) is 21.3 Å². The van der Waals surface area contributed by atoms with Crippen LogP contribution >= 0.6 is 12.2 Å². The maximum absolute atomic E-state index is 13.6. The highest BCUT2D eigenvalue weighted by Crippen LogP contribution is 2.43. The Bertz CT molecular complexity index is 1240. The first-order chi connectivity index (χ1) is 16.6. The van der Waals surface area contributed by atoms with Crippen LogP contribution in [0.4, 0.5) is 10.5 Å². The van der Waals surface area contributed by atoms with Gasteiger partial charge in [-0.05, 0) is 61.7 Å². The Morgan fingerprint density at radius 1 is 1.21 bits per heavy atom. The number of imide groups is 1. The lowest BCUT2D eigenvalue weighted by molar-refractivity contribution is -0.120. The fourth-order valence-electron chi connectivity index (χ4n) is 6.28. The SMILES string of the molecule is N#Cc1ccc(N2C(=O)[C@@H]3[C@@H]4C[C@@H](CN4C(=S)NCC4CCCCC4)N3C2=O)c2cccnc12. The molecule has 4 fully saturated rings. The number of urea groups is 1. The van der Waals surface area contributed by atoms with Gasteiger partial charge in [0.15, 0.2) is 5.11 Å². The number of nitrogens with zero attached hydrogens (tertiary/aromatic N) is 5. The van der Waals surface area contributed by atoms with Crippen molar-refractivity contribution in [2.75, 3.05) is 18.0 Å². The molecule has 1 N–H and O–H groups in total. The minimum atomic E-state index is -0.539. The number of carbonyl (C=O) groups excluding carboxylic acids is 2. The Hall–Kier alpha value is -3.25. The van der Waals surface area contributed by atoms with Gasteiger partial charge >= 0.3 is 6.03 Å². The number of benzene rings is 1. The molecular formula is C25H26N6O2S. The van der Waals surface area contributed by atoms with E-state index in [4.69, 9.17) is 12.2 Å². The van der Waals surface area contributed by atoms with Gasteiger partial charge in [0, 0.05) is 24.7 Å². The number of carbonyl (C=O) groups is 2. The molecule has 8 nitrogen and oxygen atoms in total. The predicted octanol–water partition coefficient (Wildman–Crippen LogP) is 3.15. The normalized spacial score (nSPS) is 26.3. The second kappa shape index (κ2) is 8.20. The number of hydrogen-bond acceptors (Lipinski definition) is 5.